The molecule has 11 heteroatoms. The molecule has 0 bridgehead atoms. The Kier molecular flexibility index (Phi) is 9.58. The van der Waals surface area contributed by atoms with E-state index in [4.69, 9.17) is 17.3 Å². The molecule has 7 nitrogen and oxygen atoms in total. The lowest BCUT2D eigenvalue weighted by Crippen LogP contribution is -2.58. The number of nitrogens with one attached hydrogen (secondary N) is 2. The smallest absolute Gasteiger partial charge is 0.242 e. The van der Waals surface area contributed by atoms with Crippen molar-refractivity contribution >= 4 is 33.2 Å². The highest BCUT2D eigenvalue weighted by Crippen LogP contribution is 2.31. The zero-order chi connectivity index (χ0) is 29.0. The molecule has 1 saturated heterocycles. The Morgan fingerprint density at radius 3 is 2.45 bits per heavy atom. The molecule has 3 aromatic carbocycles. The first-order valence-corrected chi connectivity index (χ1v) is 15.2. The van der Waals surface area contributed by atoms with Gasteiger partial charge in [-0.25, -0.2) is 17.2 Å². The fourth-order valence-electron chi connectivity index (χ4n) is 5.44. The lowest BCUT2D eigenvalue weighted by Gasteiger charge is -2.39. The van der Waals surface area contributed by atoms with Crippen molar-refractivity contribution in [3.05, 3.63) is 100 Å². The van der Waals surface area contributed by atoms with E-state index < -0.39 is 39.5 Å². The number of hydrogen-bond donors (Lipinski definition) is 3. The Labute approximate surface area is 238 Å². The van der Waals surface area contributed by atoms with Crippen LogP contribution in [0.5, 0.6) is 0 Å². The third-order valence-electron chi connectivity index (χ3n) is 7.18. The number of halogens is 3. The third kappa shape index (κ3) is 7.05. The molecule has 40 heavy (non-hydrogen) atoms. The molecule has 0 aliphatic carbocycles. The summed E-state index contributed by atoms with van der Waals surface area (Å²) in [4.78, 5) is 13.5. The summed E-state index contributed by atoms with van der Waals surface area (Å²) >= 11 is 6.20. The van der Waals surface area contributed by atoms with E-state index >= 15 is 4.39 Å². The van der Waals surface area contributed by atoms with E-state index in [1.54, 1.807) is 36.4 Å². The van der Waals surface area contributed by atoms with Gasteiger partial charge in [0, 0.05) is 47.4 Å². The highest BCUT2D eigenvalue weighted by atomic mass is 35.5. The quantitative estimate of drug-likeness (QED) is 0.345. The Bertz CT molecular complexity index is 1430. The van der Waals surface area contributed by atoms with Gasteiger partial charge in [-0.15, -0.1) is 0 Å². The number of nitrogens with zero attached hydrogens (tertiary/aromatic N) is 1. The maximum atomic E-state index is 15.1. The molecule has 0 radical (unpaired) electrons. The Hall–Kier alpha value is -2.89. The topological polar surface area (TPSA) is 105 Å². The summed E-state index contributed by atoms with van der Waals surface area (Å²) in [6.45, 7) is 2.79. The number of piperazine rings is 1. The predicted octanol–water partition coefficient (Wildman–Crippen LogP) is 4.27. The minimum atomic E-state index is -3.47. The van der Waals surface area contributed by atoms with Crippen molar-refractivity contribution in [2.45, 2.75) is 43.8 Å². The molecule has 4 atom stereocenters. The summed E-state index contributed by atoms with van der Waals surface area (Å²) in [5.74, 6) is -2.32. The Morgan fingerprint density at radius 1 is 1.10 bits per heavy atom. The van der Waals surface area contributed by atoms with Crippen molar-refractivity contribution in [2.75, 3.05) is 24.7 Å². The number of nitrogens with two attached hydrogens (primary N) is 1. The molecule has 0 spiro atoms. The maximum absolute atomic E-state index is 15.1. The van der Waals surface area contributed by atoms with E-state index in [1.807, 2.05) is 6.92 Å². The zero-order valence-corrected chi connectivity index (χ0v) is 23.9. The fraction of sp³-hybridized carbons (Fsp3) is 0.345. The van der Waals surface area contributed by atoms with E-state index in [1.165, 1.54) is 40.9 Å². The average Bonchev–Trinajstić information content (AvgIpc) is 2.88. The number of anilines is 1. The fourth-order valence-corrected chi connectivity index (χ4v) is 7.09. The van der Waals surface area contributed by atoms with Crippen molar-refractivity contribution in [3.63, 3.8) is 0 Å². The number of carbonyl (C=O) groups excluding carboxylic acids is 1. The minimum Gasteiger partial charge on any atom is -0.324 e. The molecule has 0 aromatic heterocycles. The summed E-state index contributed by atoms with van der Waals surface area (Å²) in [6.07, 6.45) is 1.70. The van der Waals surface area contributed by atoms with Crippen LogP contribution < -0.4 is 16.4 Å². The van der Waals surface area contributed by atoms with E-state index in [9.17, 15) is 17.6 Å². The van der Waals surface area contributed by atoms with Gasteiger partial charge < -0.3 is 16.4 Å². The number of hydrogen-bond acceptors (Lipinski definition) is 5. The molecule has 0 unspecified atom stereocenters. The number of benzene rings is 3. The van der Waals surface area contributed by atoms with Gasteiger partial charge in [-0.2, -0.15) is 4.31 Å². The summed E-state index contributed by atoms with van der Waals surface area (Å²) < 4.78 is 55.5. The van der Waals surface area contributed by atoms with Gasteiger partial charge in [-0.05, 0) is 67.3 Å². The molecule has 1 aliphatic heterocycles. The van der Waals surface area contributed by atoms with Gasteiger partial charge in [0.1, 0.15) is 11.6 Å². The summed E-state index contributed by atoms with van der Waals surface area (Å²) in [5.41, 5.74) is 8.09. The van der Waals surface area contributed by atoms with Crippen molar-refractivity contribution in [1.82, 2.24) is 9.62 Å². The normalized spacial score (nSPS) is 19.6. The highest BCUT2D eigenvalue weighted by Gasteiger charge is 2.34. The van der Waals surface area contributed by atoms with Gasteiger partial charge >= 0.3 is 0 Å². The van der Waals surface area contributed by atoms with Crippen LogP contribution in [0.1, 0.15) is 36.0 Å². The Balaban J connectivity index is 1.58. The van der Waals surface area contributed by atoms with Crippen molar-refractivity contribution in [3.8, 4) is 0 Å². The largest absolute Gasteiger partial charge is 0.324 e. The molecule has 1 heterocycles. The van der Waals surface area contributed by atoms with E-state index in [-0.39, 0.29) is 29.8 Å². The number of rotatable bonds is 9. The monoisotopic (exact) mass is 590 g/mol. The molecular formula is C29H33ClF2N4O3S. The van der Waals surface area contributed by atoms with Crippen LogP contribution in [0.2, 0.25) is 5.02 Å². The van der Waals surface area contributed by atoms with Crippen molar-refractivity contribution in [1.29, 1.82) is 0 Å². The Morgan fingerprint density at radius 2 is 1.77 bits per heavy atom. The standard InChI is InChI=1S/C29H33ClF2N4O3S/c1-18-16-34-17-23(36(18)40(2,38)39)12-13-24-25(32)10-5-11-26(24)35-29(37)28(33)27(19-6-3-8-21(30)14-19)20-7-4-9-22(31)15-20/h3-11,14-15,18,23,27-28,34H,12-13,16-17,33H2,1-2H3,(H,35,37)/t18-,23-,27-,28-/m0/s1. The maximum Gasteiger partial charge on any atom is 0.242 e. The summed E-state index contributed by atoms with van der Waals surface area (Å²) in [5, 5.41) is 6.43. The molecule has 1 aliphatic rings. The van der Waals surface area contributed by atoms with Crippen LogP contribution in [0.25, 0.3) is 0 Å². The predicted molar refractivity (Wildman–Crippen MR) is 154 cm³/mol. The van der Waals surface area contributed by atoms with Crippen LogP contribution in [0.3, 0.4) is 0 Å². The van der Waals surface area contributed by atoms with E-state index in [0.717, 1.165) is 0 Å². The molecule has 4 N–H and O–H groups in total. The molecule has 214 valence electrons. The van der Waals surface area contributed by atoms with E-state index in [0.29, 0.717) is 35.7 Å². The van der Waals surface area contributed by atoms with Gasteiger partial charge in [-0.3, -0.25) is 4.79 Å². The van der Waals surface area contributed by atoms with E-state index in [2.05, 4.69) is 10.6 Å². The van der Waals surface area contributed by atoms with Gasteiger partial charge in [0.15, 0.2) is 0 Å². The third-order valence-corrected chi connectivity index (χ3v) is 8.84. The highest BCUT2D eigenvalue weighted by molar-refractivity contribution is 7.88. The number of carbonyl (C=O) groups is 1. The first-order valence-electron chi connectivity index (χ1n) is 13.0. The second kappa shape index (κ2) is 12.7. The van der Waals surface area contributed by atoms with Gasteiger partial charge in [0.2, 0.25) is 15.9 Å². The van der Waals surface area contributed by atoms with Gasteiger partial charge in [-0.1, -0.05) is 41.9 Å². The second-order valence-corrected chi connectivity index (χ2v) is 12.5. The first kappa shape index (κ1) is 30.1. The van der Waals surface area contributed by atoms with Crippen LogP contribution >= 0.6 is 11.6 Å². The van der Waals surface area contributed by atoms with Crippen LogP contribution in [0.15, 0.2) is 66.7 Å². The number of sulfonamides is 1. The minimum absolute atomic E-state index is 0.185. The molecule has 0 saturated carbocycles. The molecule has 3 aromatic rings. The molecule has 1 amide bonds. The van der Waals surface area contributed by atoms with Crippen LogP contribution in [-0.2, 0) is 21.2 Å². The number of amides is 1. The molecular weight excluding hydrogens is 558 g/mol. The SMILES string of the molecule is C[C@H]1CNC[C@H](CCc2c(F)cccc2NC(=O)[C@@H](N)[C@H](c2cccc(F)c2)c2cccc(Cl)c2)N1S(C)(=O)=O. The van der Waals surface area contributed by atoms with Crippen LogP contribution in [0, 0.1) is 11.6 Å². The lowest BCUT2D eigenvalue weighted by molar-refractivity contribution is -0.117. The summed E-state index contributed by atoms with van der Waals surface area (Å²) in [6, 6.07) is 15.3. The van der Waals surface area contributed by atoms with Gasteiger partial charge in [0.05, 0.1) is 12.3 Å². The van der Waals surface area contributed by atoms with Gasteiger partial charge in [0.25, 0.3) is 0 Å². The molecule has 1 fully saturated rings. The first-order chi connectivity index (χ1) is 19.0. The zero-order valence-electron chi connectivity index (χ0n) is 22.3. The van der Waals surface area contributed by atoms with Crippen LogP contribution in [0.4, 0.5) is 14.5 Å². The van der Waals surface area contributed by atoms with Crippen molar-refractivity contribution in [2.24, 2.45) is 5.73 Å². The van der Waals surface area contributed by atoms with Crippen molar-refractivity contribution < 1.29 is 22.0 Å². The summed E-state index contributed by atoms with van der Waals surface area (Å²) in [7, 11) is -3.47. The van der Waals surface area contributed by atoms with Crippen LogP contribution in [-0.4, -0.2) is 56.1 Å². The molecule has 4 rings (SSSR count). The lowest BCUT2D eigenvalue weighted by atomic mass is 9.85. The second-order valence-electron chi connectivity index (χ2n) is 10.2. The average molecular weight is 591 g/mol.